The van der Waals surface area contributed by atoms with Crippen LogP contribution in [0.25, 0.3) is 0 Å². The summed E-state index contributed by atoms with van der Waals surface area (Å²) in [7, 11) is 0. The van der Waals surface area contributed by atoms with Gasteiger partial charge in [-0.25, -0.2) is 4.98 Å². The summed E-state index contributed by atoms with van der Waals surface area (Å²) in [6.45, 7) is 4.08. The molecular weight excluding hydrogens is 281 g/mol. The van der Waals surface area contributed by atoms with E-state index >= 15 is 0 Å². The van der Waals surface area contributed by atoms with Crippen molar-refractivity contribution in [3.63, 3.8) is 0 Å². The van der Waals surface area contributed by atoms with Crippen LogP contribution in [0.5, 0.6) is 0 Å². The molecule has 0 amide bonds. The van der Waals surface area contributed by atoms with Gasteiger partial charge < -0.3 is 10.4 Å². The van der Waals surface area contributed by atoms with Gasteiger partial charge in [-0.2, -0.15) is 4.98 Å². The van der Waals surface area contributed by atoms with E-state index in [1.165, 1.54) is 0 Å². The second-order valence-corrected chi connectivity index (χ2v) is 4.71. The Morgan fingerprint density at radius 3 is 2.80 bits per heavy atom. The van der Waals surface area contributed by atoms with Crippen molar-refractivity contribution in [3.05, 3.63) is 16.0 Å². The Labute approximate surface area is 102 Å². The topological polar surface area (TPSA) is 58.0 Å². The second kappa shape index (κ2) is 5.63. The molecule has 1 heterocycles. The fourth-order valence-corrected chi connectivity index (χ4v) is 1.48. The first kappa shape index (κ1) is 12.7. The van der Waals surface area contributed by atoms with Crippen LogP contribution in [0, 0.1) is 5.92 Å². The molecule has 84 valence electrons. The van der Waals surface area contributed by atoms with Crippen LogP contribution >= 0.6 is 27.5 Å². The van der Waals surface area contributed by atoms with E-state index in [1.807, 2.05) is 13.8 Å². The molecule has 0 saturated heterocycles. The Kier molecular flexibility index (Phi) is 4.76. The number of halogens is 2. The summed E-state index contributed by atoms with van der Waals surface area (Å²) >= 11 is 8.99. The summed E-state index contributed by atoms with van der Waals surface area (Å²) in [5, 5.41) is 12.5. The van der Waals surface area contributed by atoms with Crippen LogP contribution in [0.2, 0.25) is 5.28 Å². The van der Waals surface area contributed by atoms with Crippen molar-refractivity contribution < 1.29 is 5.11 Å². The van der Waals surface area contributed by atoms with Gasteiger partial charge in [0, 0.05) is 6.20 Å². The molecule has 2 N–H and O–H groups in total. The van der Waals surface area contributed by atoms with Crippen LogP contribution in [0.4, 0.5) is 5.82 Å². The first-order valence-corrected chi connectivity index (χ1v) is 5.77. The quantitative estimate of drug-likeness (QED) is 0.837. The molecule has 0 aliphatic rings. The van der Waals surface area contributed by atoms with E-state index in [2.05, 4.69) is 31.2 Å². The lowest BCUT2D eigenvalue weighted by Gasteiger charge is -2.20. The van der Waals surface area contributed by atoms with Crippen LogP contribution in [0.3, 0.4) is 0 Å². The summed E-state index contributed by atoms with van der Waals surface area (Å²) in [6.07, 6.45) is 1.58. The first-order chi connectivity index (χ1) is 7.04. The van der Waals surface area contributed by atoms with Crippen molar-refractivity contribution in [2.24, 2.45) is 5.92 Å². The molecule has 0 radical (unpaired) electrons. The number of nitrogens with zero attached hydrogens (tertiary/aromatic N) is 2. The van der Waals surface area contributed by atoms with Crippen LogP contribution < -0.4 is 5.32 Å². The van der Waals surface area contributed by atoms with Gasteiger partial charge in [0.25, 0.3) is 0 Å². The Balaban J connectivity index is 2.82. The van der Waals surface area contributed by atoms with Gasteiger partial charge in [0.1, 0.15) is 5.82 Å². The maximum atomic E-state index is 9.16. The van der Waals surface area contributed by atoms with E-state index in [9.17, 15) is 0 Å². The fraction of sp³-hybridized carbons (Fsp3) is 0.556. The van der Waals surface area contributed by atoms with Gasteiger partial charge >= 0.3 is 0 Å². The Morgan fingerprint density at radius 1 is 1.60 bits per heavy atom. The minimum atomic E-state index is -0.0488. The minimum Gasteiger partial charge on any atom is -0.394 e. The molecule has 1 rings (SSSR count). The highest BCUT2D eigenvalue weighted by Crippen LogP contribution is 2.22. The zero-order chi connectivity index (χ0) is 11.4. The number of aliphatic hydroxyl groups is 1. The van der Waals surface area contributed by atoms with Crippen molar-refractivity contribution in [3.8, 4) is 0 Å². The zero-order valence-electron chi connectivity index (χ0n) is 8.54. The number of anilines is 1. The molecule has 15 heavy (non-hydrogen) atoms. The summed E-state index contributed by atoms with van der Waals surface area (Å²) in [6, 6.07) is -0.0488. The summed E-state index contributed by atoms with van der Waals surface area (Å²) in [4.78, 5) is 7.85. The maximum absolute atomic E-state index is 9.16. The molecule has 1 aromatic heterocycles. The predicted molar refractivity (Wildman–Crippen MR) is 64.1 cm³/mol. The lowest BCUT2D eigenvalue weighted by Crippen LogP contribution is -2.30. The highest BCUT2D eigenvalue weighted by molar-refractivity contribution is 9.10. The predicted octanol–water partition coefficient (Wildman–Crippen LogP) is 2.32. The Hall–Kier alpha value is -0.390. The normalized spacial score (nSPS) is 12.9. The van der Waals surface area contributed by atoms with E-state index < -0.39 is 0 Å². The number of aliphatic hydroxyl groups excluding tert-OH is 1. The molecule has 4 nitrogen and oxygen atoms in total. The summed E-state index contributed by atoms with van der Waals surface area (Å²) in [5.41, 5.74) is 0. The van der Waals surface area contributed by atoms with Crippen molar-refractivity contribution in [1.82, 2.24) is 9.97 Å². The molecule has 1 atom stereocenters. The largest absolute Gasteiger partial charge is 0.394 e. The number of rotatable bonds is 4. The van der Waals surface area contributed by atoms with E-state index in [1.54, 1.807) is 6.20 Å². The van der Waals surface area contributed by atoms with Crippen LogP contribution in [-0.4, -0.2) is 27.7 Å². The van der Waals surface area contributed by atoms with E-state index in [-0.39, 0.29) is 17.9 Å². The lowest BCUT2D eigenvalue weighted by molar-refractivity contribution is 0.249. The molecule has 0 aliphatic carbocycles. The molecule has 0 unspecified atom stereocenters. The van der Waals surface area contributed by atoms with Gasteiger partial charge in [0.05, 0.1) is 17.1 Å². The monoisotopic (exact) mass is 293 g/mol. The summed E-state index contributed by atoms with van der Waals surface area (Å²) in [5.74, 6) is 0.901. The molecular formula is C9H13BrClN3O. The Bertz CT molecular complexity index is 335. The molecule has 0 spiro atoms. The third-order valence-electron chi connectivity index (χ3n) is 2.04. The minimum absolute atomic E-state index is 0.0473. The van der Waals surface area contributed by atoms with Crippen LogP contribution in [-0.2, 0) is 0 Å². The van der Waals surface area contributed by atoms with Crippen molar-refractivity contribution in [2.45, 2.75) is 19.9 Å². The summed E-state index contributed by atoms with van der Waals surface area (Å²) < 4.78 is 0.728. The van der Waals surface area contributed by atoms with Gasteiger partial charge in [-0.3, -0.25) is 0 Å². The van der Waals surface area contributed by atoms with E-state index in [0.29, 0.717) is 11.7 Å². The molecule has 0 saturated carbocycles. The number of aromatic nitrogens is 2. The van der Waals surface area contributed by atoms with Crippen LogP contribution in [0.15, 0.2) is 10.7 Å². The highest BCUT2D eigenvalue weighted by Gasteiger charge is 2.14. The van der Waals surface area contributed by atoms with Gasteiger partial charge in [0.15, 0.2) is 0 Å². The number of hydrogen-bond acceptors (Lipinski definition) is 4. The van der Waals surface area contributed by atoms with Gasteiger partial charge in [0.2, 0.25) is 5.28 Å². The smallest absolute Gasteiger partial charge is 0.224 e. The fourth-order valence-electron chi connectivity index (χ4n) is 1.05. The van der Waals surface area contributed by atoms with Gasteiger partial charge in [-0.1, -0.05) is 13.8 Å². The molecule has 6 heteroatoms. The standard InChI is InChI=1S/C9H13BrClN3O/c1-5(2)7(4-15)13-8-6(10)3-12-9(11)14-8/h3,5,7,15H,4H2,1-2H3,(H,12,13,14)/t7-/m1/s1. The Morgan fingerprint density at radius 2 is 2.27 bits per heavy atom. The van der Waals surface area contributed by atoms with Gasteiger partial charge in [-0.05, 0) is 33.4 Å². The van der Waals surface area contributed by atoms with Crippen molar-refractivity contribution in [1.29, 1.82) is 0 Å². The molecule has 1 aromatic rings. The lowest BCUT2D eigenvalue weighted by atomic mass is 10.1. The average Bonchev–Trinajstić information content (AvgIpc) is 2.18. The zero-order valence-corrected chi connectivity index (χ0v) is 10.9. The third-order valence-corrected chi connectivity index (χ3v) is 2.80. The molecule has 0 aliphatic heterocycles. The van der Waals surface area contributed by atoms with Crippen molar-refractivity contribution >= 4 is 33.3 Å². The van der Waals surface area contributed by atoms with Crippen LogP contribution in [0.1, 0.15) is 13.8 Å². The second-order valence-electron chi connectivity index (χ2n) is 3.51. The van der Waals surface area contributed by atoms with E-state index in [0.717, 1.165) is 4.47 Å². The third kappa shape index (κ3) is 3.59. The van der Waals surface area contributed by atoms with E-state index in [4.69, 9.17) is 16.7 Å². The number of hydrogen-bond donors (Lipinski definition) is 2. The molecule has 0 aromatic carbocycles. The first-order valence-electron chi connectivity index (χ1n) is 4.60. The number of nitrogens with one attached hydrogen (secondary N) is 1. The average molecular weight is 295 g/mol. The highest BCUT2D eigenvalue weighted by atomic mass is 79.9. The molecule has 0 bridgehead atoms. The molecule has 0 fully saturated rings. The SMILES string of the molecule is CC(C)[C@@H](CO)Nc1nc(Cl)ncc1Br. The maximum Gasteiger partial charge on any atom is 0.224 e. The van der Waals surface area contributed by atoms with Gasteiger partial charge in [-0.15, -0.1) is 0 Å². The van der Waals surface area contributed by atoms with Crippen molar-refractivity contribution in [2.75, 3.05) is 11.9 Å².